The fourth-order valence-electron chi connectivity index (χ4n) is 2.55. The fraction of sp³-hybridized carbons (Fsp3) is 0.312. The van der Waals surface area contributed by atoms with E-state index in [-0.39, 0.29) is 28.4 Å². The number of hydrogen-bond donors (Lipinski definition) is 2. The van der Waals surface area contributed by atoms with Gasteiger partial charge in [0.2, 0.25) is 10.0 Å². The molecule has 0 fully saturated rings. The summed E-state index contributed by atoms with van der Waals surface area (Å²) < 4.78 is 33.0. The second-order valence-electron chi connectivity index (χ2n) is 6.33. The summed E-state index contributed by atoms with van der Waals surface area (Å²) in [7, 11) is -3.75. The maximum Gasteiger partial charge on any atom is 0.338 e. The van der Waals surface area contributed by atoms with Crippen molar-refractivity contribution in [2.75, 3.05) is 0 Å². The third-order valence-electron chi connectivity index (χ3n) is 3.72. The highest BCUT2D eigenvalue weighted by molar-refractivity contribution is 7.89. The molecule has 1 aromatic carbocycles. The number of sulfonamides is 1. The van der Waals surface area contributed by atoms with Crippen LogP contribution in [-0.2, 0) is 23.0 Å². The summed E-state index contributed by atoms with van der Waals surface area (Å²) in [4.78, 5) is 18.6. The van der Waals surface area contributed by atoms with E-state index in [1.807, 2.05) is 13.8 Å². The minimum Gasteiger partial charge on any atom is -0.487 e. The monoisotopic (exact) mass is 363 g/mol. The van der Waals surface area contributed by atoms with E-state index in [2.05, 4.69) is 14.7 Å². The normalized spacial score (nSPS) is 15.4. The topological polar surface area (TPSA) is 118 Å². The number of aromatic carboxylic acids is 1. The van der Waals surface area contributed by atoms with Gasteiger partial charge >= 0.3 is 5.97 Å². The molecule has 0 spiro atoms. The first-order valence-corrected chi connectivity index (χ1v) is 9.00. The number of rotatable bonds is 5. The minimum atomic E-state index is -3.75. The number of ether oxygens (including phenoxy) is 1. The molecule has 1 aromatic heterocycles. The summed E-state index contributed by atoms with van der Waals surface area (Å²) in [5.74, 6) is -0.272. The lowest BCUT2D eigenvalue weighted by Crippen LogP contribution is -2.25. The SMILES string of the molecule is CC1(C)Cc2cc(S(=O)(=O)NCc3ncc(C(=O)O)cn3)ccc2O1. The van der Waals surface area contributed by atoms with Crippen LogP contribution in [0.4, 0.5) is 0 Å². The lowest BCUT2D eigenvalue weighted by molar-refractivity contribution is 0.0695. The van der Waals surface area contributed by atoms with E-state index >= 15 is 0 Å². The van der Waals surface area contributed by atoms with Crippen LogP contribution in [0.5, 0.6) is 5.75 Å². The predicted molar refractivity (Wildman–Crippen MR) is 87.9 cm³/mol. The van der Waals surface area contributed by atoms with Crippen LogP contribution in [0.1, 0.15) is 35.6 Å². The van der Waals surface area contributed by atoms with Crippen LogP contribution in [0, 0.1) is 0 Å². The van der Waals surface area contributed by atoms with Gasteiger partial charge in [0.15, 0.2) is 0 Å². The van der Waals surface area contributed by atoms with Gasteiger partial charge in [0.1, 0.15) is 17.2 Å². The van der Waals surface area contributed by atoms with Crippen molar-refractivity contribution in [3.63, 3.8) is 0 Å². The van der Waals surface area contributed by atoms with Crippen molar-refractivity contribution < 1.29 is 23.1 Å². The molecule has 1 aliphatic rings. The summed E-state index contributed by atoms with van der Waals surface area (Å²) in [5, 5.41) is 8.80. The lowest BCUT2D eigenvalue weighted by atomic mass is 10.0. The number of nitrogens with zero attached hydrogens (tertiary/aromatic N) is 2. The molecule has 9 heteroatoms. The molecule has 132 valence electrons. The summed E-state index contributed by atoms with van der Waals surface area (Å²) in [6.07, 6.45) is 2.90. The van der Waals surface area contributed by atoms with E-state index in [1.165, 1.54) is 6.07 Å². The molecule has 8 nitrogen and oxygen atoms in total. The Hall–Kier alpha value is -2.52. The number of nitrogens with one attached hydrogen (secondary N) is 1. The fourth-order valence-corrected chi connectivity index (χ4v) is 3.58. The molecule has 0 aliphatic carbocycles. The van der Waals surface area contributed by atoms with Crippen LogP contribution >= 0.6 is 0 Å². The standard InChI is InChI=1S/C16H17N3O5S/c1-16(2)6-10-5-12(3-4-13(10)24-16)25(22,23)19-9-14-17-7-11(8-18-14)15(20)21/h3-5,7-8,19H,6,9H2,1-2H3,(H,20,21). The maximum absolute atomic E-state index is 12.4. The molecule has 2 aromatic rings. The summed E-state index contributed by atoms with van der Waals surface area (Å²) in [6.45, 7) is 3.75. The molecule has 0 saturated carbocycles. The van der Waals surface area contributed by atoms with Gasteiger partial charge in [-0.3, -0.25) is 0 Å². The first kappa shape index (κ1) is 17.3. The van der Waals surface area contributed by atoms with Crippen molar-refractivity contribution in [2.45, 2.75) is 37.3 Å². The number of carboxylic acid groups (broad SMARTS) is 1. The minimum absolute atomic E-state index is 0.0622. The molecule has 0 radical (unpaired) electrons. The van der Waals surface area contributed by atoms with Crippen LogP contribution in [0.2, 0.25) is 0 Å². The number of benzene rings is 1. The maximum atomic E-state index is 12.4. The number of carboxylic acids is 1. The van der Waals surface area contributed by atoms with Crippen LogP contribution in [-0.4, -0.2) is 35.1 Å². The van der Waals surface area contributed by atoms with Crippen LogP contribution in [0.3, 0.4) is 0 Å². The molecule has 0 amide bonds. The molecule has 2 N–H and O–H groups in total. The van der Waals surface area contributed by atoms with Gasteiger partial charge < -0.3 is 9.84 Å². The average molecular weight is 363 g/mol. The van der Waals surface area contributed by atoms with Crippen molar-refractivity contribution in [3.8, 4) is 5.75 Å². The van der Waals surface area contributed by atoms with Gasteiger partial charge in [0.05, 0.1) is 17.0 Å². The molecule has 0 atom stereocenters. The molecule has 0 unspecified atom stereocenters. The second-order valence-corrected chi connectivity index (χ2v) is 8.09. The predicted octanol–water partition coefficient (Wildman–Crippen LogP) is 1.37. The summed E-state index contributed by atoms with van der Waals surface area (Å²) in [5.41, 5.74) is 0.431. The van der Waals surface area contributed by atoms with Gasteiger partial charge in [-0.1, -0.05) is 0 Å². The van der Waals surface area contributed by atoms with Crippen molar-refractivity contribution in [2.24, 2.45) is 0 Å². The zero-order valence-corrected chi connectivity index (χ0v) is 14.5. The third-order valence-corrected chi connectivity index (χ3v) is 5.12. The van der Waals surface area contributed by atoms with E-state index in [1.54, 1.807) is 12.1 Å². The number of carbonyl (C=O) groups is 1. The quantitative estimate of drug-likeness (QED) is 0.823. The Labute approximate surface area is 144 Å². The molecule has 0 bridgehead atoms. The lowest BCUT2D eigenvalue weighted by Gasteiger charge is -2.16. The van der Waals surface area contributed by atoms with Gasteiger partial charge in [-0.15, -0.1) is 0 Å². The van der Waals surface area contributed by atoms with Gasteiger partial charge in [0, 0.05) is 18.8 Å². The second kappa shape index (κ2) is 6.08. The van der Waals surface area contributed by atoms with E-state index in [9.17, 15) is 13.2 Å². The van der Waals surface area contributed by atoms with Gasteiger partial charge in [-0.25, -0.2) is 27.9 Å². The van der Waals surface area contributed by atoms with Gasteiger partial charge in [0.25, 0.3) is 0 Å². The van der Waals surface area contributed by atoms with E-state index < -0.39 is 16.0 Å². The molecular weight excluding hydrogens is 346 g/mol. The molecule has 3 rings (SSSR count). The largest absolute Gasteiger partial charge is 0.487 e. The van der Waals surface area contributed by atoms with Crippen LogP contribution < -0.4 is 9.46 Å². The zero-order chi connectivity index (χ0) is 18.2. The van der Waals surface area contributed by atoms with Crippen LogP contribution in [0.15, 0.2) is 35.5 Å². The Morgan fingerprint density at radius 1 is 1.32 bits per heavy atom. The van der Waals surface area contributed by atoms with Gasteiger partial charge in [-0.05, 0) is 37.6 Å². The Morgan fingerprint density at radius 2 is 2.00 bits per heavy atom. The highest BCUT2D eigenvalue weighted by atomic mass is 32.2. The Kier molecular flexibility index (Phi) is 4.21. The Morgan fingerprint density at radius 3 is 2.64 bits per heavy atom. The van der Waals surface area contributed by atoms with Gasteiger partial charge in [-0.2, -0.15) is 0 Å². The van der Waals surface area contributed by atoms with Crippen molar-refractivity contribution >= 4 is 16.0 Å². The third kappa shape index (κ3) is 3.77. The zero-order valence-electron chi connectivity index (χ0n) is 13.7. The number of fused-ring (bicyclic) bond motifs is 1. The highest BCUT2D eigenvalue weighted by Crippen LogP contribution is 2.35. The van der Waals surface area contributed by atoms with E-state index in [4.69, 9.17) is 9.84 Å². The number of aromatic nitrogens is 2. The van der Waals surface area contributed by atoms with E-state index in [0.29, 0.717) is 12.2 Å². The van der Waals surface area contributed by atoms with Crippen molar-refractivity contribution in [1.29, 1.82) is 0 Å². The smallest absolute Gasteiger partial charge is 0.338 e. The Bertz CT molecular complexity index is 923. The van der Waals surface area contributed by atoms with Crippen molar-refractivity contribution in [3.05, 3.63) is 47.5 Å². The van der Waals surface area contributed by atoms with E-state index in [0.717, 1.165) is 18.0 Å². The van der Waals surface area contributed by atoms with Crippen molar-refractivity contribution in [1.82, 2.24) is 14.7 Å². The molecule has 2 heterocycles. The molecule has 0 saturated heterocycles. The first-order chi connectivity index (χ1) is 11.7. The first-order valence-electron chi connectivity index (χ1n) is 7.52. The van der Waals surface area contributed by atoms with Crippen LogP contribution in [0.25, 0.3) is 0 Å². The summed E-state index contributed by atoms with van der Waals surface area (Å²) >= 11 is 0. The molecular formula is C16H17N3O5S. The average Bonchev–Trinajstić information content (AvgIpc) is 2.86. The number of hydrogen-bond acceptors (Lipinski definition) is 6. The Balaban J connectivity index is 1.73. The summed E-state index contributed by atoms with van der Waals surface area (Å²) in [6, 6.07) is 4.73. The molecule has 25 heavy (non-hydrogen) atoms. The molecule has 1 aliphatic heterocycles. The highest BCUT2D eigenvalue weighted by Gasteiger charge is 2.31.